The van der Waals surface area contributed by atoms with Crippen molar-refractivity contribution in [3.63, 3.8) is 0 Å². The number of thioether (sulfide) groups is 1. The van der Waals surface area contributed by atoms with E-state index in [1.807, 2.05) is 29.2 Å². The molecule has 0 atom stereocenters. The number of carbonyl (C=O) groups is 1. The Morgan fingerprint density at radius 2 is 1.76 bits per heavy atom. The summed E-state index contributed by atoms with van der Waals surface area (Å²) < 4.78 is 7.41. The summed E-state index contributed by atoms with van der Waals surface area (Å²) in [6.45, 7) is 4.80. The number of nitrogens with zero attached hydrogens (tertiary/aromatic N) is 4. The Balaban J connectivity index is 1.70. The van der Waals surface area contributed by atoms with Crippen molar-refractivity contribution in [2.24, 2.45) is 0 Å². The summed E-state index contributed by atoms with van der Waals surface area (Å²) in [6, 6.07) is 7.88. The first-order chi connectivity index (χ1) is 14.2. The zero-order valence-corrected chi connectivity index (χ0v) is 18.4. The zero-order valence-electron chi connectivity index (χ0n) is 17.6. The molecule has 1 aromatic heterocycles. The average molecular weight is 417 g/mol. The quantitative estimate of drug-likeness (QED) is 0.587. The first-order valence-corrected chi connectivity index (χ1v) is 11.7. The largest absolute Gasteiger partial charge is 0.497 e. The van der Waals surface area contributed by atoms with Crippen LogP contribution < -0.4 is 4.74 Å². The van der Waals surface area contributed by atoms with Crippen molar-refractivity contribution < 1.29 is 9.53 Å². The second kappa shape index (κ2) is 11.2. The van der Waals surface area contributed by atoms with Crippen LogP contribution in [0.5, 0.6) is 5.75 Å². The molecule has 3 rings (SSSR count). The van der Waals surface area contributed by atoms with Gasteiger partial charge in [-0.15, -0.1) is 10.2 Å². The number of hydrogen-bond acceptors (Lipinski definition) is 5. The average Bonchev–Trinajstić information content (AvgIpc) is 3.13. The first kappa shape index (κ1) is 21.7. The van der Waals surface area contributed by atoms with Crippen molar-refractivity contribution in [2.45, 2.75) is 63.6 Å². The molecule has 1 aliphatic heterocycles. The normalized spacial score (nSPS) is 15.0. The van der Waals surface area contributed by atoms with Crippen molar-refractivity contribution in [3.8, 4) is 17.1 Å². The molecule has 2 aromatic rings. The monoisotopic (exact) mass is 416 g/mol. The van der Waals surface area contributed by atoms with E-state index in [0.29, 0.717) is 5.75 Å². The fraction of sp³-hybridized carbons (Fsp3) is 0.591. The highest BCUT2D eigenvalue weighted by molar-refractivity contribution is 7.99. The molecule has 1 aromatic carbocycles. The number of methoxy groups -OCH3 is 1. The lowest BCUT2D eigenvalue weighted by Crippen LogP contribution is -2.35. The molecule has 0 bridgehead atoms. The van der Waals surface area contributed by atoms with Crippen molar-refractivity contribution in [1.29, 1.82) is 0 Å². The molecule has 1 saturated heterocycles. The van der Waals surface area contributed by atoms with E-state index in [1.54, 1.807) is 7.11 Å². The van der Waals surface area contributed by atoms with E-state index >= 15 is 0 Å². The number of hydrogen-bond donors (Lipinski definition) is 0. The van der Waals surface area contributed by atoms with Crippen LogP contribution in [0, 0.1) is 0 Å². The third-order valence-electron chi connectivity index (χ3n) is 5.33. The van der Waals surface area contributed by atoms with Gasteiger partial charge in [-0.05, 0) is 43.5 Å². The van der Waals surface area contributed by atoms with Crippen LogP contribution in [0.2, 0.25) is 0 Å². The Bertz CT molecular complexity index is 768. The smallest absolute Gasteiger partial charge is 0.233 e. The molecule has 2 heterocycles. The molecular formula is C22H32N4O2S. The maximum Gasteiger partial charge on any atom is 0.233 e. The SMILES string of the molecule is CCCCn1c(SCC(=O)N2CCCCCCC2)nnc1-c1ccc(OC)cc1. The van der Waals surface area contributed by atoms with Crippen LogP contribution in [0.4, 0.5) is 0 Å². The van der Waals surface area contributed by atoms with Gasteiger partial charge in [0, 0.05) is 25.2 Å². The van der Waals surface area contributed by atoms with Gasteiger partial charge in [-0.1, -0.05) is 44.4 Å². The lowest BCUT2D eigenvalue weighted by molar-refractivity contribution is -0.128. The second-order valence-electron chi connectivity index (χ2n) is 7.48. The molecule has 1 fully saturated rings. The van der Waals surface area contributed by atoms with Gasteiger partial charge >= 0.3 is 0 Å². The Hall–Kier alpha value is -2.02. The van der Waals surface area contributed by atoms with Gasteiger partial charge in [0.15, 0.2) is 11.0 Å². The molecule has 0 saturated carbocycles. The molecule has 0 N–H and O–H groups in total. The Kier molecular flexibility index (Phi) is 8.40. The van der Waals surface area contributed by atoms with Gasteiger partial charge in [0.25, 0.3) is 0 Å². The summed E-state index contributed by atoms with van der Waals surface area (Å²) in [7, 11) is 1.66. The van der Waals surface area contributed by atoms with Crippen molar-refractivity contribution in [2.75, 3.05) is 26.0 Å². The van der Waals surface area contributed by atoms with Gasteiger partial charge in [-0.25, -0.2) is 0 Å². The minimum atomic E-state index is 0.216. The van der Waals surface area contributed by atoms with Crippen LogP contribution >= 0.6 is 11.8 Å². The fourth-order valence-electron chi connectivity index (χ4n) is 3.58. The summed E-state index contributed by atoms with van der Waals surface area (Å²) >= 11 is 1.51. The van der Waals surface area contributed by atoms with E-state index in [9.17, 15) is 4.79 Å². The molecule has 7 heteroatoms. The summed E-state index contributed by atoms with van der Waals surface area (Å²) in [4.78, 5) is 14.8. The lowest BCUT2D eigenvalue weighted by Gasteiger charge is -2.24. The van der Waals surface area contributed by atoms with Crippen molar-refractivity contribution in [1.82, 2.24) is 19.7 Å². The summed E-state index contributed by atoms with van der Waals surface area (Å²) in [5.41, 5.74) is 1.01. The van der Waals surface area contributed by atoms with Crippen LogP contribution in [-0.2, 0) is 11.3 Å². The molecule has 0 spiro atoms. The van der Waals surface area contributed by atoms with Gasteiger partial charge in [-0.3, -0.25) is 4.79 Å². The molecule has 1 amide bonds. The highest BCUT2D eigenvalue weighted by Gasteiger charge is 2.19. The number of benzene rings is 1. The number of ether oxygens (including phenoxy) is 1. The minimum Gasteiger partial charge on any atom is -0.497 e. The third-order valence-corrected chi connectivity index (χ3v) is 6.29. The van der Waals surface area contributed by atoms with Crippen LogP contribution in [0.3, 0.4) is 0 Å². The summed E-state index contributed by atoms with van der Waals surface area (Å²) in [6.07, 6.45) is 8.13. The Morgan fingerprint density at radius 3 is 2.41 bits per heavy atom. The van der Waals surface area contributed by atoms with Crippen molar-refractivity contribution >= 4 is 17.7 Å². The number of carbonyl (C=O) groups excluding carboxylic acids is 1. The van der Waals surface area contributed by atoms with E-state index in [0.717, 1.165) is 67.6 Å². The molecular weight excluding hydrogens is 384 g/mol. The van der Waals surface area contributed by atoms with Gasteiger partial charge in [-0.2, -0.15) is 0 Å². The molecule has 6 nitrogen and oxygen atoms in total. The molecule has 158 valence electrons. The van der Waals surface area contributed by atoms with Crippen LogP contribution in [0.15, 0.2) is 29.4 Å². The van der Waals surface area contributed by atoms with Gasteiger partial charge < -0.3 is 14.2 Å². The predicted molar refractivity (Wildman–Crippen MR) is 117 cm³/mol. The molecule has 29 heavy (non-hydrogen) atoms. The number of amides is 1. The fourth-order valence-corrected chi connectivity index (χ4v) is 4.45. The molecule has 0 unspecified atom stereocenters. The van der Waals surface area contributed by atoms with E-state index in [1.165, 1.54) is 31.0 Å². The number of rotatable bonds is 8. The predicted octanol–water partition coefficient (Wildman–Crippen LogP) is 4.64. The van der Waals surface area contributed by atoms with Gasteiger partial charge in [0.05, 0.1) is 12.9 Å². The second-order valence-corrected chi connectivity index (χ2v) is 8.42. The number of likely N-dealkylation sites (tertiary alicyclic amines) is 1. The van der Waals surface area contributed by atoms with E-state index in [2.05, 4.69) is 21.7 Å². The minimum absolute atomic E-state index is 0.216. The number of aromatic nitrogens is 3. The first-order valence-electron chi connectivity index (χ1n) is 10.7. The maximum atomic E-state index is 12.7. The van der Waals surface area contributed by atoms with E-state index in [-0.39, 0.29) is 5.91 Å². The molecule has 0 radical (unpaired) electrons. The number of unbranched alkanes of at least 4 members (excludes halogenated alkanes) is 1. The van der Waals surface area contributed by atoms with E-state index < -0.39 is 0 Å². The van der Waals surface area contributed by atoms with Crippen LogP contribution in [-0.4, -0.2) is 51.5 Å². The molecule has 0 aliphatic carbocycles. The third kappa shape index (κ3) is 5.98. The van der Waals surface area contributed by atoms with Crippen molar-refractivity contribution in [3.05, 3.63) is 24.3 Å². The molecule has 1 aliphatic rings. The Morgan fingerprint density at radius 1 is 1.07 bits per heavy atom. The van der Waals surface area contributed by atoms with Crippen LogP contribution in [0.25, 0.3) is 11.4 Å². The Labute approximate surface area is 178 Å². The highest BCUT2D eigenvalue weighted by atomic mass is 32.2. The standard InChI is InChI=1S/C22H32N4O2S/c1-3-4-16-26-21(18-10-12-19(28-2)13-11-18)23-24-22(26)29-17-20(27)25-14-8-6-5-7-9-15-25/h10-13H,3-9,14-17H2,1-2H3. The van der Waals surface area contributed by atoms with Crippen LogP contribution in [0.1, 0.15) is 51.9 Å². The maximum absolute atomic E-state index is 12.7. The van der Waals surface area contributed by atoms with Gasteiger partial charge in [0.2, 0.25) is 5.91 Å². The lowest BCUT2D eigenvalue weighted by atomic mass is 10.1. The van der Waals surface area contributed by atoms with E-state index in [4.69, 9.17) is 4.74 Å². The topological polar surface area (TPSA) is 60.2 Å². The highest BCUT2D eigenvalue weighted by Crippen LogP contribution is 2.26. The summed E-state index contributed by atoms with van der Waals surface area (Å²) in [5.74, 6) is 2.31. The summed E-state index contributed by atoms with van der Waals surface area (Å²) in [5, 5.41) is 9.68. The zero-order chi connectivity index (χ0) is 20.5. The van der Waals surface area contributed by atoms with Gasteiger partial charge in [0.1, 0.15) is 5.75 Å².